The zero-order chi connectivity index (χ0) is 21.8. The number of ketones is 1. The lowest BCUT2D eigenvalue weighted by Gasteiger charge is -2.30. The van der Waals surface area contributed by atoms with Crippen LogP contribution in [0.25, 0.3) is 0 Å². The fourth-order valence-electron chi connectivity index (χ4n) is 3.52. The monoisotopic (exact) mass is 437 g/mol. The molecule has 2 aromatic carbocycles. The van der Waals surface area contributed by atoms with Crippen molar-refractivity contribution in [1.29, 1.82) is 0 Å². The van der Waals surface area contributed by atoms with Gasteiger partial charge in [0.25, 0.3) is 5.91 Å². The Morgan fingerprint density at radius 1 is 0.903 bits per heavy atom. The van der Waals surface area contributed by atoms with Crippen molar-refractivity contribution >= 4 is 29.0 Å². The molecule has 7 heteroatoms. The summed E-state index contributed by atoms with van der Waals surface area (Å²) >= 11 is 1.41. The van der Waals surface area contributed by atoms with Gasteiger partial charge in [-0.3, -0.25) is 14.4 Å². The topological polar surface area (TPSA) is 63.7 Å². The molecular formula is C24H20FNO4S. The fraction of sp³-hybridized carbons (Fsp3) is 0.208. The molecule has 158 valence electrons. The predicted octanol–water partition coefficient (Wildman–Crippen LogP) is 4.58. The van der Waals surface area contributed by atoms with Gasteiger partial charge < -0.3 is 9.64 Å². The molecule has 5 nitrogen and oxygen atoms in total. The normalized spacial score (nSPS) is 14.3. The van der Waals surface area contributed by atoms with Gasteiger partial charge in [0.05, 0.1) is 10.8 Å². The van der Waals surface area contributed by atoms with Crippen LogP contribution in [0.1, 0.15) is 38.4 Å². The molecule has 1 amide bonds. The van der Waals surface area contributed by atoms with E-state index in [1.54, 1.807) is 35.2 Å². The summed E-state index contributed by atoms with van der Waals surface area (Å²) in [5, 5.41) is 1.87. The number of nitrogens with zero attached hydrogens (tertiary/aromatic N) is 1. The van der Waals surface area contributed by atoms with Crippen LogP contribution in [0, 0.1) is 11.7 Å². The van der Waals surface area contributed by atoms with Crippen molar-refractivity contribution in [3.8, 4) is 5.75 Å². The summed E-state index contributed by atoms with van der Waals surface area (Å²) in [5.74, 6) is -0.879. The molecule has 1 fully saturated rings. The zero-order valence-electron chi connectivity index (χ0n) is 16.6. The molecule has 1 aliphatic rings. The largest absolute Gasteiger partial charge is 0.426 e. The first-order chi connectivity index (χ1) is 15.0. The number of hydrogen-bond donors (Lipinski definition) is 0. The van der Waals surface area contributed by atoms with Crippen LogP contribution in [0.2, 0.25) is 0 Å². The van der Waals surface area contributed by atoms with Crippen LogP contribution >= 0.6 is 11.3 Å². The number of ether oxygens (including phenoxy) is 1. The second-order valence-corrected chi connectivity index (χ2v) is 8.27. The third-order valence-electron chi connectivity index (χ3n) is 5.29. The van der Waals surface area contributed by atoms with Crippen LogP contribution in [0.5, 0.6) is 5.75 Å². The maximum atomic E-state index is 13.0. The molecule has 0 unspecified atom stereocenters. The SMILES string of the molecule is O=C(c1ccc(F)cc1)c1ccc(OC(=O)C2CCN(C(=O)c3cccs3)CC2)cc1. The molecule has 0 radical (unpaired) electrons. The second kappa shape index (κ2) is 9.22. The zero-order valence-corrected chi connectivity index (χ0v) is 17.4. The summed E-state index contributed by atoms with van der Waals surface area (Å²) in [6, 6.07) is 15.3. The molecule has 3 aromatic rings. The van der Waals surface area contributed by atoms with E-state index in [1.165, 1.54) is 35.6 Å². The van der Waals surface area contributed by atoms with Crippen molar-refractivity contribution in [2.75, 3.05) is 13.1 Å². The number of esters is 1. The smallest absolute Gasteiger partial charge is 0.314 e. The van der Waals surface area contributed by atoms with Crippen LogP contribution in [0.4, 0.5) is 4.39 Å². The van der Waals surface area contributed by atoms with Gasteiger partial charge in [-0.05, 0) is 72.8 Å². The third kappa shape index (κ3) is 4.88. The Bertz CT molecular complexity index is 1070. The first-order valence-corrected chi connectivity index (χ1v) is 10.8. The van der Waals surface area contributed by atoms with Gasteiger partial charge in [-0.1, -0.05) is 6.07 Å². The highest BCUT2D eigenvalue weighted by Gasteiger charge is 2.29. The molecule has 0 N–H and O–H groups in total. The number of piperidine rings is 1. The molecule has 31 heavy (non-hydrogen) atoms. The number of rotatable bonds is 5. The number of carbonyl (C=O) groups is 3. The molecule has 2 heterocycles. The Morgan fingerprint density at radius 2 is 1.52 bits per heavy atom. The molecular weight excluding hydrogens is 417 g/mol. The van der Waals surface area contributed by atoms with Crippen LogP contribution in [0.3, 0.4) is 0 Å². The summed E-state index contributed by atoms with van der Waals surface area (Å²) in [5.41, 5.74) is 0.807. The van der Waals surface area contributed by atoms with Crippen molar-refractivity contribution in [3.05, 3.63) is 87.9 Å². The van der Waals surface area contributed by atoms with Crippen LogP contribution in [0.15, 0.2) is 66.0 Å². The molecule has 0 saturated carbocycles. The van der Waals surface area contributed by atoms with Gasteiger partial charge in [0.2, 0.25) is 0 Å². The Hall–Kier alpha value is -3.32. The first kappa shape index (κ1) is 20.9. The van der Waals surface area contributed by atoms with Gasteiger partial charge in [0.1, 0.15) is 11.6 Å². The molecule has 1 aromatic heterocycles. The lowest BCUT2D eigenvalue weighted by atomic mass is 9.97. The van der Waals surface area contributed by atoms with E-state index in [0.29, 0.717) is 47.7 Å². The van der Waals surface area contributed by atoms with Gasteiger partial charge in [-0.25, -0.2) is 4.39 Å². The van der Waals surface area contributed by atoms with Gasteiger partial charge in [-0.2, -0.15) is 0 Å². The quantitative estimate of drug-likeness (QED) is 0.333. The highest BCUT2D eigenvalue weighted by Crippen LogP contribution is 2.23. The van der Waals surface area contributed by atoms with Gasteiger partial charge in [-0.15, -0.1) is 11.3 Å². The molecule has 0 atom stereocenters. The first-order valence-electron chi connectivity index (χ1n) is 9.96. The maximum Gasteiger partial charge on any atom is 0.314 e. The molecule has 1 saturated heterocycles. The average molecular weight is 437 g/mol. The Balaban J connectivity index is 1.31. The van der Waals surface area contributed by atoms with Crippen LogP contribution in [-0.2, 0) is 4.79 Å². The van der Waals surface area contributed by atoms with E-state index < -0.39 is 5.82 Å². The molecule has 4 rings (SSSR count). The number of amides is 1. The van der Waals surface area contributed by atoms with E-state index in [9.17, 15) is 18.8 Å². The number of benzene rings is 2. The Labute approximate surface area is 183 Å². The molecule has 0 aliphatic carbocycles. The summed E-state index contributed by atoms with van der Waals surface area (Å²) < 4.78 is 18.5. The Kier molecular flexibility index (Phi) is 6.23. The number of halogens is 1. The van der Waals surface area contributed by atoms with Crippen LogP contribution in [-0.4, -0.2) is 35.6 Å². The lowest BCUT2D eigenvalue weighted by molar-refractivity contribution is -0.140. The standard InChI is InChI=1S/C24H20FNO4S/c25-19-7-3-16(4-8-19)22(27)17-5-9-20(10-6-17)30-24(29)18-11-13-26(14-12-18)23(28)21-2-1-15-31-21/h1-10,15,18H,11-14H2. The van der Waals surface area contributed by atoms with Gasteiger partial charge in [0.15, 0.2) is 5.78 Å². The van der Waals surface area contributed by atoms with Crippen molar-refractivity contribution in [1.82, 2.24) is 4.90 Å². The minimum atomic E-state index is -0.402. The lowest BCUT2D eigenvalue weighted by Crippen LogP contribution is -2.40. The van der Waals surface area contributed by atoms with Crippen molar-refractivity contribution in [2.24, 2.45) is 5.92 Å². The number of likely N-dealkylation sites (tertiary alicyclic amines) is 1. The number of thiophene rings is 1. The van der Waals surface area contributed by atoms with Gasteiger partial charge in [0, 0.05) is 24.2 Å². The minimum Gasteiger partial charge on any atom is -0.426 e. The van der Waals surface area contributed by atoms with E-state index in [1.807, 2.05) is 11.4 Å². The minimum absolute atomic E-state index is 0.00299. The average Bonchev–Trinajstić information content (AvgIpc) is 3.34. The summed E-state index contributed by atoms with van der Waals surface area (Å²) in [6.45, 7) is 1.03. The van der Waals surface area contributed by atoms with E-state index in [0.717, 1.165) is 0 Å². The maximum absolute atomic E-state index is 13.0. The van der Waals surface area contributed by atoms with Crippen molar-refractivity contribution in [2.45, 2.75) is 12.8 Å². The fourth-order valence-corrected chi connectivity index (χ4v) is 4.21. The van der Waals surface area contributed by atoms with E-state index in [-0.39, 0.29) is 23.6 Å². The number of carbonyl (C=O) groups excluding carboxylic acids is 3. The highest BCUT2D eigenvalue weighted by atomic mass is 32.1. The molecule has 1 aliphatic heterocycles. The van der Waals surface area contributed by atoms with E-state index in [2.05, 4.69) is 0 Å². The Morgan fingerprint density at radius 3 is 2.10 bits per heavy atom. The van der Waals surface area contributed by atoms with E-state index in [4.69, 9.17) is 4.74 Å². The summed E-state index contributed by atoms with van der Waals surface area (Å²) in [4.78, 5) is 39.8. The summed E-state index contributed by atoms with van der Waals surface area (Å²) in [7, 11) is 0. The van der Waals surface area contributed by atoms with E-state index >= 15 is 0 Å². The molecule has 0 bridgehead atoms. The third-order valence-corrected chi connectivity index (χ3v) is 6.15. The van der Waals surface area contributed by atoms with Crippen LogP contribution < -0.4 is 4.74 Å². The van der Waals surface area contributed by atoms with Crippen molar-refractivity contribution < 1.29 is 23.5 Å². The van der Waals surface area contributed by atoms with Crippen molar-refractivity contribution in [3.63, 3.8) is 0 Å². The predicted molar refractivity (Wildman–Crippen MR) is 115 cm³/mol. The summed E-state index contributed by atoms with van der Waals surface area (Å²) in [6.07, 6.45) is 1.11. The van der Waals surface area contributed by atoms with Gasteiger partial charge >= 0.3 is 5.97 Å². The second-order valence-electron chi connectivity index (χ2n) is 7.33. The highest BCUT2D eigenvalue weighted by molar-refractivity contribution is 7.12. The number of hydrogen-bond acceptors (Lipinski definition) is 5. The molecule has 0 spiro atoms.